The van der Waals surface area contributed by atoms with Gasteiger partial charge in [-0.1, -0.05) is 0 Å². The van der Waals surface area contributed by atoms with E-state index in [1.54, 1.807) is 0 Å². The lowest BCUT2D eigenvalue weighted by Gasteiger charge is -2.36. The number of nitrogens with zero attached hydrogens (tertiary/aromatic N) is 2. The first kappa shape index (κ1) is 10.6. The smallest absolute Gasteiger partial charge is 0.0214 e. The van der Waals surface area contributed by atoms with E-state index in [-0.39, 0.29) is 0 Å². The zero-order valence-corrected chi connectivity index (χ0v) is 8.79. The van der Waals surface area contributed by atoms with Crippen LogP contribution >= 0.6 is 0 Å². The van der Waals surface area contributed by atoms with E-state index in [2.05, 4.69) is 29.6 Å². The second-order valence-corrected chi connectivity index (χ2v) is 3.93. The van der Waals surface area contributed by atoms with Gasteiger partial charge in [0.2, 0.25) is 0 Å². The van der Waals surface area contributed by atoms with Crippen molar-refractivity contribution in [2.45, 2.75) is 26.3 Å². The maximum atomic E-state index is 5.23. The Morgan fingerprint density at radius 2 is 1.85 bits per heavy atom. The fraction of sp³-hybridized carbons (Fsp3) is 0.818. The highest BCUT2D eigenvalue weighted by Crippen LogP contribution is 2.05. The molecule has 2 heteroatoms. The van der Waals surface area contributed by atoms with Crippen molar-refractivity contribution in [2.75, 3.05) is 32.7 Å². The van der Waals surface area contributed by atoms with Crippen molar-refractivity contribution in [2.24, 2.45) is 0 Å². The molecule has 0 amide bonds. The van der Waals surface area contributed by atoms with E-state index in [9.17, 15) is 0 Å². The minimum Gasteiger partial charge on any atom is -0.300 e. The SMILES string of the molecule is C#CCCN1CCN(C(C)C)CC1. The summed E-state index contributed by atoms with van der Waals surface area (Å²) in [5.41, 5.74) is 0. The van der Waals surface area contributed by atoms with E-state index in [0.29, 0.717) is 6.04 Å². The first-order chi connectivity index (χ1) is 6.24. The van der Waals surface area contributed by atoms with E-state index in [1.807, 2.05) is 0 Å². The van der Waals surface area contributed by atoms with Gasteiger partial charge in [0.1, 0.15) is 0 Å². The highest BCUT2D eigenvalue weighted by Gasteiger charge is 2.17. The molecule has 0 saturated carbocycles. The van der Waals surface area contributed by atoms with Gasteiger partial charge in [-0.25, -0.2) is 0 Å². The maximum absolute atomic E-state index is 5.23. The Bertz CT molecular complexity index is 173. The van der Waals surface area contributed by atoms with Gasteiger partial charge in [0.25, 0.3) is 0 Å². The average molecular weight is 180 g/mol. The highest BCUT2D eigenvalue weighted by atomic mass is 15.3. The summed E-state index contributed by atoms with van der Waals surface area (Å²) < 4.78 is 0. The molecule has 0 bridgehead atoms. The van der Waals surface area contributed by atoms with Crippen LogP contribution in [0, 0.1) is 12.3 Å². The van der Waals surface area contributed by atoms with Gasteiger partial charge in [0.15, 0.2) is 0 Å². The summed E-state index contributed by atoms with van der Waals surface area (Å²) in [6, 6.07) is 0.690. The molecule has 13 heavy (non-hydrogen) atoms. The topological polar surface area (TPSA) is 6.48 Å². The number of terminal acetylenes is 1. The predicted molar refractivity (Wildman–Crippen MR) is 56.6 cm³/mol. The normalized spacial score (nSPS) is 20.5. The van der Waals surface area contributed by atoms with Gasteiger partial charge < -0.3 is 0 Å². The molecule has 0 N–H and O–H groups in total. The van der Waals surface area contributed by atoms with Gasteiger partial charge in [-0.3, -0.25) is 9.80 Å². The van der Waals surface area contributed by atoms with Gasteiger partial charge in [0, 0.05) is 45.2 Å². The van der Waals surface area contributed by atoms with Crippen LogP contribution in [0.3, 0.4) is 0 Å². The van der Waals surface area contributed by atoms with Crippen molar-refractivity contribution in [3.63, 3.8) is 0 Å². The molecule has 1 aliphatic rings. The summed E-state index contributed by atoms with van der Waals surface area (Å²) in [6.07, 6.45) is 6.12. The lowest BCUT2D eigenvalue weighted by molar-refractivity contribution is 0.110. The number of hydrogen-bond donors (Lipinski definition) is 0. The third-order valence-electron chi connectivity index (χ3n) is 2.71. The van der Waals surface area contributed by atoms with Gasteiger partial charge >= 0.3 is 0 Å². The summed E-state index contributed by atoms with van der Waals surface area (Å²) >= 11 is 0. The van der Waals surface area contributed by atoms with Crippen molar-refractivity contribution in [1.29, 1.82) is 0 Å². The molecule has 0 aromatic heterocycles. The molecule has 0 aliphatic carbocycles. The minimum absolute atomic E-state index is 0.690. The zero-order valence-electron chi connectivity index (χ0n) is 8.79. The molecule has 0 atom stereocenters. The van der Waals surface area contributed by atoms with Crippen LogP contribution in [0.25, 0.3) is 0 Å². The molecule has 2 nitrogen and oxygen atoms in total. The largest absolute Gasteiger partial charge is 0.300 e. The Balaban J connectivity index is 2.19. The Morgan fingerprint density at radius 1 is 1.23 bits per heavy atom. The molecule has 1 aliphatic heterocycles. The van der Waals surface area contributed by atoms with Crippen LogP contribution in [0.1, 0.15) is 20.3 Å². The second-order valence-electron chi connectivity index (χ2n) is 3.93. The second kappa shape index (κ2) is 5.26. The molecule has 0 aromatic carbocycles. The van der Waals surface area contributed by atoms with Gasteiger partial charge in [-0.05, 0) is 13.8 Å². The van der Waals surface area contributed by atoms with Crippen LogP contribution in [0.2, 0.25) is 0 Å². The molecule has 1 heterocycles. The molecule has 1 fully saturated rings. The summed E-state index contributed by atoms with van der Waals surface area (Å²) in [4.78, 5) is 4.98. The number of hydrogen-bond acceptors (Lipinski definition) is 2. The van der Waals surface area contributed by atoms with Crippen LogP contribution in [0.15, 0.2) is 0 Å². The van der Waals surface area contributed by atoms with Crippen LogP contribution in [-0.4, -0.2) is 48.6 Å². The molecule has 74 valence electrons. The zero-order chi connectivity index (χ0) is 9.68. The standard InChI is InChI=1S/C11H20N2/c1-4-5-6-12-7-9-13(10-8-12)11(2)3/h1,11H,5-10H2,2-3H3. The van der Waals surface area contributed by atoms with Crippen molar-refractivity contribution in [1.82, 2.24) is 9.80 Å². The number of rotatable bonds is 3. The van der Waals surface area contributed by atoms with E-state index < -0.39 is 0 Å². The van der Waals surface area contributed by atoms with Gasteiger partial charge in [-0.2, -0.15) is 0 Å². The van der Waals surface area contributed by atoms with Crippen molar-refractivity contribution >= 4 is 0 Å². The molecule has 1 saturated heterocycles. The Hall–Kier alpha value is -0.520. The molecule has 0 spiro atoms. The third kappa shape index (κ3) is 3.38. The maximum Gasteiger partial charge on any atom is 0.0214 e. The Morgan fingerprint density at radius 3 is 2.31 bits per heavy atom. The minimum atomic E-state index is 0.690. The van der Waals surface area contributed by atoms with Crippen LogP contribution in [0.5, 0.6) is 0 Å². The summed E-state index contributed by atoms with van der Waals surface area (Å²) in [5, 5.41) is 0. The summed E-state index contributed by atoms with van der Waals surface area (Å²) in [5.74, 6) is 2.69. The van der Waals surface area contributed by atoms with Crippen LogP contribution in [-0.2, 0) is 0 Å². The highest BCUT2D eigenvalue weighted by molar-refractivity contribution is 4.85. The molecular formula is C11H20N2. The fourth-order valence-electron chi connectivity index (χ4n) is 1.73. The van der Waals surface area contributed by atoms with Crippen molar-refractivity contribution < 1.29 is 0 Å². The van der Waals surface area contributed by atoms with Crippen LogP contribution < -0.4 is 0 Å². The van der Waals surface area contributed by atoms with E-state index in [4.69, 9.17) is 6.42 Å². The number of piperazine rings is 1. The lowest BCUT2D eigenvalue weighted by atomic mass is 10.2. The first-order valence-electron chi connectivity index (χ1n) is 5.14. The van der Waals surface area contributed by atoms with Crippen molar-refractivity contribution in [3.05, 3.63) is 0 Å². The van der Waals surface area contributed by atoms with Crippen molar-refractivity contribution in [3.8, 4) is 12.3 Å². The molecule has 1 rings (SSSR count). The quantitative estimate of drug-likeness (QED) is 0.599. The van der Waals surface area contributed by atoms with E-state index >= 15 is 0 Å². The Labute approximate surface area is 81.9 Å². The van der Waals surface area contributed by atoms with E-state index in [1.165, 1.54) is 26.2 Å². The average Bonchev–Trinajstić information content (AvgIpc) is 2.15. The van der Waals surface area contributed by atoms with Crippen LogP contribution in [0.4, 0.5) is 0 Å². The fourth-order valence-corrected chi connectivity index (χ4v) is 1.73. The molecule has 0 unspecified atom stereocenters. The third-order valence-corrected chi connectivity index (χ3v) is 2.71. The lowest BCUT2D eigenvalue weighted by Crippen LogP contribution is -2.48. The Kier molecular flexibility index (Phi) is 4.27. The van der Waals surface area contributed by atoms with Gasteiger partial charge in [-0.15, -0.1) is 12.3 Å². The molecule has 0 radical (unpaired) electrons. The first-order valence-corrected chi connectivity index (χ1v) is 5.14. The molecular weight excluding hydrogens is 160 g/mol. The molecule has 0 aromatic rings. The summed E-state index contributed by atoms with van der Waals surface area (Å²) in [7, 11) is 0. The van der Waals surface area contributed by atoms with Gasteiger partial charge in [0.05, 0.1) is 0 Å². The monoisotopic (exact) mass is 180 g/mol. The summed E-state index contributed by atoms with van der Waals surface area (Å²) in [6.45, 7) is 10.3. The predicted octanol–water partition coefficient (Wildman–Crippen LogP) is 1.04. The van der Waals surface area contributed by atoms with E-state index in [0.717, 1.165) is 13.0 Å².